The zero-order valence-corrected chi connectivity index (χ0v) is 14.9. The summed E-state index contributed by atoms with van der Waals surface area (Å²) in [5.74, 6) is 0.873. The first-order valence-electron chi connectivity index (χ1n) is 8.49. The minimum Gasteiger partial charge on any atom is -0.478 e. The van der Waals surface area contributed by atoms with Crippen LogP contribution in [0.4, 0.5) is 23.4 Å². The van der Waals surface area contributed by atoms with E-state index in [0.717, 1.165) is 23.0 Å². The second-order valence-electron chi connectivity index (χ2n) is 5.82. The fourth-order valence-electron chi connectivity index (χ4n) is 2.45. The predicted octanol–water partition coefficient (Wildman–Crippen LogP) is 3.44. The van der Waals surface area contributed by atoms with Crippen molar-refractivity contribution in [3.05, 3.63) is 66.7 Å². The van der Waals surface area contributed by atoms with Gasteiger partial charge in [-0.25, -0.2) is 14.8 Å². The number of nitrogens with zero attached hydrogens (tertiary/aromatic N) is 4. The highest BCUT2D eigenvalue weighted by Crippen LogP contribution is 2.21. The second-order valence-corrected chi connectivity index (χ2v) is 5.82. The van der Waals surface area contributed by atoms with Crippen LogP contribution in [0, 0.1) is 0 Å². The highest BCUT2D eigenvalue weighted by Gasteiger charge is 2.08. The van der Waals surface area contributed by atoms with Gasteiger partial charge in [0.2, 0.25) is 11.9 Å². The van der Waals surface area contributed by atoms with E-state index in [-0.39, 0.29) is 0 Å². The summed E-state index contributed by atoms with van der Waals surface area (Å²) in [6, 6.07) is 12.5. The van der Waals surface area contributed by atoms with Gasteiger partial charge in [0.05, 0.1) is 6.26 Å². The molecule has 10 nitrogen and oxygen atoms in total. The number of aliphatic carboxylic acids is 1. The van der Waals surface area contributed by atoms with Gasteiger partial charge in [-0.05, 0) is 35.9 Å². The van der Waals surface area contributed by atoms with Crippen LogP contribution in [-0.2, 0) is 4.79 Å². The van der Waals surface area contributed by atoms with E-state index < -0.39 is 5.97 Å². The fourth-order valence-corrected chi connectivity index (χ4v) is 2.45. The molecule has 0 spiro atoms. The third kappa shape index (κ3) is 4.63. The molecule has 0 fully saturated rings. The largest absolute Gasteiger partial charge is 0.478 e. The highest BCUT2D eigenvalue weighted by atomic mass is 16.4. The molecule has 0 aliphatic carbocycles. The van der Waals surface area contributed by atoms with E-state index in [1.54, 1.807) is 42.7 Å². The number of carbonyl (C=O) groups is 1. The van der Waals surface area contributed by atoms with E-state index in [1.807, 2.05) is 6.07 Å². The van der Waals surface area contributed by atoms with Crippen LogP contribution in [0.25, 0.3) is 17.5 Å². The Hall–Kier alpha value is -4.47. The molecule has 4 N–H and O–H groups in total. The molecule has 0 bridgehead atoms. The molecule has 0 unspecified atom stereocenters. The highest BCUT2D eigenvalue weighted by molar-refractivity contribution is 5.85. The number of hydrogen-bond donors (Lipinski definition) is 4. The molecule has 0 aliphatic heterocycles. The molecule has 0 radical (unpaired) electrons. The van der Waals surface area contributed by atoms with Crippen molar-refractivity contribution in [3.63, 3.8) is 0 Å². The van der Waals surface area contributed by atoms with Gasteiger partial charge in [-0.3, -0.25) is 5.10 Å². The monoisotopic (exact) mass is 389 g/mol. The molecular weight excluding hydrogens is 374 g/mol. The third-order valence-corrected chi connectivity index (χ3v) is 3.76. The number of rotatable bonds is 7. The van der Waals surface area contributed by atoms with Crippen molar-refractivity contribution in [2.45, 2.75) is 0 Å². The normalized spacial score (nSPS) is 10.9. The van der Waals surface area contributed by atoms with Gasteiger partial charge in [0.15, 0.2) is 11.6 Å². The lowest BCUT2D eigenvalue weighted by Crippen LogP contribution is -2.02. The van der Waals surface area contributed by atoms with Crippen LogP contribution in [0.15, 0.2) is 65.5 Å². The SMILES string of the molecule is O=C(O)/C=C/c1ccc(Nc2ncnc(Nc3cc(-c4ccco4)[nH]n3)n2)cc1. The van der Waals surface area contributed by atoms with Gasteiger partial charge in [-0.15, -0.1) is 0 Å². The summed E-state index contributed by atoms with van der Waals surface area (Å²) in [7, 11) is 0. The number of carboxylic acids is 1. The molecule has 0 atom stereocenters. The zero-order valence-electron chi connectivity index (χ0n) is 14.9. The van der Waals surface area contributed by atoms with Gasteiger partial charge in [0.1, 0.15) is 12.0 Å². The third-order valence-electron chi connectivity index (χ3n) is 3.76. The van der Waals surface area contributed by atoms with Crippen LogP contribution in [-0.4, -0.2) is 36.2 Å². The van der Waals surface area contributed by atoms with Crippen LogP contribution in [0.5, 0.6) is 0 Å². The van der Waals surface area contributed by atoms with Crippen LogP contribution < -0.4 is 10.6 Å². The van der Waals surface area contributed by atoms with E-state index in [9.17, 15) is 4.79 Å². The van der Waals surface area contributed by atoms with E-state index in [4.69, 9.17) is 9.52 Å². The van der Waals surface area contributed by atoms with Crippen LogP contribution in [0.2, 0.25) is 0 Å². The first-order valence-corrected chi connectivity index (χ1v) is 8.49. The van der Waals surface area contributed by atoms with Crippen molar-refractivity contribution in [2.75, 3.05) is 10.6 Å². The number of aromatic amines is 1. The number of benzene rings is 1. The molecule has 0 saturated heterocycles. The van der Waals surface area contributed by atoms with Gasteiger partial charge in [0, 0.05) is 17.8 Å². The van der Waals surface area contributed by atoms with Crippen LogP contribution in [0.1, 0.15) is 5.56 Å². The first-order chi connectivity index (χ1) is 14.2. The number of hydrogen-bond acceptors (Lipinski definition) is 8. The fraction of sp³-hybridized carbons (Fsp3) is 0. The van der Waals surface area contributed by atoms with Gasteiger partial charge >= 0.3 is 5.97 Å². The lowest BCUT2D eigenvalue weighted by Gasteiger charge is -2.06. The maximum Gasteiger partial charge on any atom is 0.328 e. The Bertz CT molecular complexity index is 1130. The maximum atomic E-state index is 10.6. The Morgan fingerprint density at radius 1 is 1.10 bits per heavy atom. The molecular formula is C19H15N7O3. The maximum absolute atomic E-state index is 10.6. The second kappa shape index (κ2) is 8.05. The summed E-state index contributed by atoms with van der Waals surface area (Å²) >= 11 is 0. The minimum absolute atomic E-state index is 0.320. The lowest BCUT2D eigenvalue weighted by atomic mass is 10.2. The van der Waals surface area contributed by atoms with Gasteiger partial charge < -0.3 is 20.2 Å². The quantitative estimate of drug-likeness (QED) is 0.350. The van der Waals surface area contributed by atoms with Crippen molar-refractivity contribution in [2.24, 2.45) is 0 Å². The van der Waals surface area contributed by atoms with Crippen molar-refractivity contribution in [1.82, 2.24) is 25.1 Å². The summed E-state index contributed by atoms with van der Waals surface area (Å²) in [6.07, 6.45) is 5.56. The summed E-state index contributed by atoms with van der Waals surface area (Å²) in [6.45, 7) is 0. The topological polar surface area (TPSA) is 142 Å². The summed E-state index contributed by atoms with van der Waals surface area (Å²) in [5.41, 5.74) is 2.23. The average Bonchev–Trinajstić information content (AvgIpc) is 3.39. The van der Waals surface area contributed by atoms with Crippen molar-refractivity contribution in [1.29, 1.82) is 0 Å². The van der Waals surface area contributed by atoms with E-state index in [0.29, 0.717) is 23.5 Å². The molecule has 29 heavy (non-hydrogen) atoms. The molecule has 3 heterocycles. The Labute approximate surface area is 164 Å². The Morgan fingerprint density at radius 3 is 2.62 bits per heavy atom. The van der Waals surface area contributed by atoms with E-state index in [1.165, 1.54) is 12.4 Å². The number of anilines is 4. The smallest absolute Gasteiger partial charge is 0.328 e. The molecule has 10 heteroatoms. The van der Waals surface area contributed by atoms with Crippen molar-refractivity contribution >= 4 is 35.4 Å². The summed E-state index contributed by atoms with van der Waals surface area (Å²) < 4.78 is 5.32. The number of H-pyrrole nitrogens is 1. The molecule has 3 aromatic heterocycles. The van der Waals surface area contributed by atoms with Gasteiger partial charge in [0.25, 0.3) is 0 Å². The summed E-state index contributed by atoms with van der Waals surface area (Å²) in [4.78, 5) is 23.1. The Kier molecular flexibility index (Phi) is 4.97. The number of nitrogens with one attached hydrogen (secondary N) is 3. The zero-order chi connectivity index (χ0) is 20.1. The standard InChI is InChI=1S/C19H15N7O3/c27-17(28)8-5-12-3-6-13(7-4-12)22-18-20-11-21-19(24-18)23-16-10-14(25-26-16)15-2-1-9-29-15/h1-11H,(H,27,28)(H3,20,21,22,23,24,25,26)/b8-5+. The van der Waals surface area contributed by atoms with Gasteiger partial charge in [-0.1, -0.05) is 12.1 Å². The minimum atomic E-state index is -0.995. The van der Waals surface area contributed by atoms with Gasteiger partial charge in [-0.2, -0.15) is 10.1 Å². The number of furan rings is 1. The molecule has 144 valence electrons. The molecule has 0 amide bonds. The molecule has 1 aromatic carbocycles. The number of aromatic nitrogens is 5. The molecule has 0 saturated carbocycles. The Balaban J connectivity index is 1.43. The Morgan fingerprint density at radius 2 is 1.90 bits per heavy atom. The molecule has 4 aromatic rings. The predicted molar refractivity (Wildman–Crippen MR) is 106 cm³/mol. The van der Waals surface area contributed by atoms with Crippen molar-refractivity contribution < 1.29 is 14.3 Å². The van der Waals surface area contributed by atoms with Crippen molar-refractivity contribution in [3.8, 4) is 11.5 Å². The van der Waals surface area contributed by atoms with Crippen LogP contribution in [0.3, 0.4) is 0 Å². The van der Waals surface area contributed by atoms with E-state index >= 15 is 0 Å². The summed E-state index contributed by atoms with van der Waals surface area (Å²) in [5, 5.41) is 21.8. The lowest BCUT2D eigenvalue weighted by molar-refractivity contribution is -0.131. The molecule has 4 rings (SSSR count). The first kappa shape index (κ1) is 17.9. The average molecular weight is 389 g/mol. The van der Waals surface area contributed by atoms with Crippen LogP contribution >= 0.6 is 0 Å². The molecule has 0 aliphatic rings. The van der Waals surface area contributed by atoms with E-state index in [2.05, 4.69) is 35.8 Å². The number of carboxylic acid groups (broad SMARTS) is 1.